The lowest BCUT2D eigenvalue weighted by Gasteiger charge is -2.19. The van der Waals surface area contributed by atoms with Crippen molar-refractivity contribution in [1.82, 2.24) is 4.31 Å². The van der Waals surface area contributed by atoms with Gasteiger partial charge >= 0.3 is 0 Å². The number of hydrogen-bond acceptors (Lipinski definition) is 4. The predicted octanol–water partition coefficient (Wildman–Crippen LogP) is 1.36. The molecule has 0 saturated carbocycles. The van der Waals surface area contributed by atoms with E-state index in [0.717, 1.165) is 0 Å². The molecule has 1 atom stereocenters. The lowest BCUT2D eigenvalue weighted by molar-refractivity contribution is 0.439. The summed E-state index contributed by atoms with van der Waals surface area (Å²) in [4.78, 5) is 0.190. The predicted molar refractivity (Wildman–Crippen MR) is 70.2 cm³/mol. The molecule has 0 fully saturated rings. The summed E-state index contributed by atoms with van der Waals surface area (Å²) in [5.74, 6) is -0.355. The van der Waals surface area contributed by atoms with Crippen LogP contribution in [0.1, 0.15) is 12.5 Å². The van der Waals surface area contributed by atoms with Gasteiger partial charge in [-0.1, -0.05) is 6.07 Å². The van der Waals surface area contributed by atoms with Crippen molar-refractivity contribution in [2.75, 3.05) is 19.3 Å². The van der Waals surface area contributed by atoms with Crippen molar-refractivity contribution in [3.05, 3.63) is 23.8 Å². The van der Waals surface area contributed by atoms with E-state index in [9.17, 15) is 8.42 Å². The van der Waals surface area contributed by atoms with Crippen molar-refractivity contribution in [3.8, 4) is 6.07 Å². The molecular formula is C12H17N3O2S. The number of anilines is 1. The minimum Gasteiger partial charge on any atom is -0.399 e. The molecule has 0 aliphatic carbocycles. The fourth-order valence-electron chi connectivity index (χ4n) is 1.59. The highest BCUT2D eigenvalue weighted by Gasteiger charge is 2.24. The van der Waals surface area contributed by atoms with E-state index < -0.39 is 10.0 Å². The Hall–Kier alpha value is -1.58. The lowest BCUT2D eigenvalue weighted by atomic mass is 10.2. The van der Waals surface area contributed by atoms with Crippen LogP contribution in [0.25, 0.3) is 0 Å². The van der Waals surface area contributed by atoms with Gasteiger partial charge in [-0.25, -0.2) is 8.42 Å². The Balaban J connectivity index is 3.14. The SMILES string of the molecule is Cc1ccc(N)cc1S(=O)(=O)N(C)CC(C)C#N. The zero-order chi connectivity index (χ0) is 13.9. The first kappa shape index (κ1) is 14.5. The molecule has 2 N–H and O–H groups in total. The van der Waals surface area contributed by atoms with Crippen molar-refractivity contribution >= 4 is 15.7 Å². The van der Waals surface area contributed by atoms with Crippen LogP contribution < -0.4 is 5.73 Å². The number of aryl methyl sites for hydroxylation is 1. The molecule has 0 spiro atoms. The summed E-state index contributed by atoms with van der Waals surface area (Å²) in [7, 11) is -2.13. The molecule has 18 heavy (non-hydrogen) atoms. The molecule has 0 saturated heterocycles. The number of rotatable bonds is 4. The second-order valence-corrected chi connectivity index (χ2v) is 6.35. The minimum atomic E-state index is -3.60. The molecule has 0 radical (unpaired) electrons. The topological polar surface area (TPSA) is 87.2 Å². The van der Waals surface area contributed by atoms with Crippen LogP contribution in [0.3, 0.4) is 0 Å². The van der Waals surface area contributed by atoms with Gasteiger partial charge in [0.05, 0.1) is 16.9 Å². The summed E-state index contributed by atoms with van der Waals surface area (Å²) >= 11 is 0. The molecule has 0 bridgehead atoms. The Bertz CT molecular complexity index is 575. The Morgan fingerprint density at radius 1 is 1.50 bits per heavy atom. The van der Waals surface area contributed by atoms with Gasteiger partial charge in [0.2, 0.25) is 10.0 Å². The fourth-order valence-corrected chi connectivity index (χ4v) is 3.10. The van der Waals surface area contributed by atoms with Gasteiger partial charge in [0.1, 0.15) is 0 Å². The van der Waals surface area contributed by atoms with Gasteiger partial charge in [0.25, 0.3) is 0 Å². The Morgan fingerprint density at radius 3 is 2.67 bits per heavy atom. The van der Waals surface area contributed by atoms with E-state index in [1.54, 1.807) is 26.0 Å². The Kier molecular flexibility index (Phi) is 4.33. The summed E-state index contributed by atoms with van der Waals surface area (Å²) in [6.45, 7) is 3.55. The van der Waals surface area contributed by atoms with E-state index in [0.29, 0.717) is 11.3 Å². The third-order valence-corrected chi connectivity index (χ3v) is 4.62. The molecule has 0 heterocycles. The molecule has 1 aromatic carbocycles. The van der Waals surface area contributed by atoms with Crippen LogP contribution in [0.2, 0.25) is 0 Å². The molecule has 98 valence electrons. The molecule has 0 amide bonds. The van der Waals surface area contributed by atoms with E-state index in [2.05, 4.69) is 0 Å². The molecule has 5 nitrogen and oxygen atoms in total. The highest BCUT2D eigenvalue weighted by molar-refractivity contribution is 7.89. The highest BCUT2D eigenvalue weighted by Crippen LogP contribution is 2.22. The Labute approximate surface area is 108 Å². The first-order valence-electron chi connectivity index (χ1n) is 5.51. The second kappa shape index (κ2) is 5.38. The zero-order valence-electron chi connectivity index (χ0n) is 10.7. The number of sulfonamides is 1. The van der Waals surface area contributed by atoms with Crippen LogP contribution in [0.15, 0.2) is 23.1 Å². The number of benzene rings is 1. The maximum Gasteiger partial charge on any atom is 0.243 e. The van der Waals surface area contributed by atoms with E-state index in [4.69, 9.17) is 11.0 Å². The van der Waals surface area contributed by atoms with Crippen LogP contribution in [-0.4, -0.2) is 26.3 Å². The average Bonchev–Trinajstić information content (AvgIpc) is 2.31. The van der Waals surface area contributed by atoms with Crippen LogP contribution in [0.5, 0.6) is 0 Å². The summed E-state index contributed by atoms with van der Waals surface area (Å²) in [6.07, 6.45) is 0. The summed E-state index contributed by atoms with van der Waals surface area (Å²) in [5, 5.41) is 8.73. The molecule has 6 heteroatoms. The maximum atomic E-state index is 12.3. The van der Waals surface area contributed by atoms with Crippen molar-refractivity contribution < 1.29 is 8.42 Å². The van der Waals surface area contributed by atoms with Crippen LogP contribution in [0, 0.1) is 24.2 Å². The van der Waals surface area contributed by atoms with Gasteiger partial charge < -0.3 is 5.73 Å². The smallest absolute Gasteiger partial charge is 0.243 e. The number of nitrogen functional groups attached to an aromatic ring is 1. The van der Waals surface area contributed by atoms with Gasteiger partial charge in [-0.05, 0) is 31.5 Å². The molecule has 1 rings (SSSR count). The average molecular weight is 267 g/mol. The molecule has 1 unspecified atom stereocenters. The van der Waals surface area contributed by atoms with Gasteiger partial charge in [-0.15, -0.1) is 0 Å². The van der Waals surface area contributed by atoms with Gasteiger partial charge in [-0.3, -0.25) is 0 Å². The molecule has 1 aromatic rings. The standard InChI is InChI=1S/C12H17N3O2S/c1-9(7-13)8-15(3)18(16,17)12-6-11(14)5-4-10(12)2/h4-6,9H,8,14H2,1-3H3. The normalized spacial score (nSPS) is 13.3. The van der Waals surface area contributed by atoms with Crippen molar-refractivity contribution in [2.24, 2.45) is 5.92 Å². The fraction of sp³-hybridized carbons (Fsp3) is 0.417. The second-order valence-electron chi connectivity index (χ2n) is 4.34. The van der Waals surface area contributed by atoms with Gasteiger partial charge in [0.15, 0.2) is 0 Å². The first-order chi connectivity index (χ1) is 8.28. The van der Waals surface area contributed by atoms with E-state index in [-0.39, 0.29) is 17.4 Å². The quantitative estimate of drug-likeness (QED) is 0.834. The number of nitrogens with zero attached hydrogens (tertiary/aromatic N) is 2. The highest BCUT2D eigenvalue weighted by atomic mass is 32.2. The third-order valence-electron chi connectivity index (χ3n) is 2.65. The van der Waals surface area contributed by atoms with E-state index >= 15 is 0 Å². The molecule has 0 aliphatic heterocycles. The van der Waals surface area contributed by atoms with E-state index in [1.807, 2.05) is 6.07 Å². The molecule has 0 aromatic heterocycles. The van der Waals surface area contributed by atoms with Crippen LogP contribution in [-0.2, 0) is 10.0 Å². The monoisotopic (exact) mass is 267 g/mol. The number of hydrogen-bond donors (Lipinski definition) is 1. The Morgan fingerprint density at radius 2 is 2.11 bits per heavy atom. The summed E-state index contributed by atoms with van der Waals surface area (Å²) in [5.41, 5.74) is 6.66. The van der Waals surface area contributed by atoms with Crippen LogP contribution >= 0.6 is 0 Å². The van der Waals surface area contributed by atoms with Crippen molar-refractivity contribution in [2.45, 2.75) is 18.7 Å². The number of nitriles is 1. The van der Waals surface area contributed by atoms with Crippen LogP contribution in [0.4, 0.5) is 5.69 Å². The van der Waals surface area contributed by atoms with E-state index in [1.165, 1.54) is 17.4 Å². The number of nitrogens with two attached hydrogens (primary N) is 1. The van der Waals surface area contributed by atoms with Crippen molar-refractivity contribution in [1.29, 1.82) is 5.26 Å². The lowest BCUT2D eigenvalue weighted by Crippen LogP contribution is -2.31. The summed E-state index contributed by atoms with van der Waals surface area (Å²) < 4.78 is 25.8. The van der Waals surface area contributed by atoms with Gasteiger partial charge in [0, 0.05) is 19.3 Å². The largest absolute Gasteiger partial charge is 0.399 e. The minimum absolute atomic E-state index is 0.160. The molecular weight excluding hydrogens is 250 g/mol. The zero-order valence-corrected chi connectivity index (χ0v) is 11.5. The molecule has 0 aliphatic rings. The first-order valence-corrected chi connectivity index (χ1v) is 6.95. The maximum absolute atomic E-state index is 12.3. The summed E-state index contributed by atoms with van der Waals surface area (Å²) in [6, 6.07) is 6.79. The third kappa shape index (κ3) is 3.00. The van der Waals surface area contributed by atoms with Gasteiger partial charge in [-0.2, -0.15) is 9.57 Å². The van der Waals surface area contributed by atoms with Crippen molar-refractivity contribution in [3.63, 3.8) is 0 Å².